The third kappa shape index (κ3) is 3.18. The van der Waals surface area contributed by atoms with Crippen LogP contribution in [0.25, 0.3) is 0 Å². The Balaban J connectivity index is 3.80. The van der Waals surface area contributed by atoms with Gasteiger partial charge in [-0.25, -0.2) is 0 Å². The minimum absolute atomic E-state index is 0.0613. The van der Waals surface area contributed by atoms with Crippen LogP contribution >= 0.6 is 0 Å². The SMILES string of the molecule is CC(C)CC(C)(CN)CO. The lowest BCUT2D eigenvalue weighted by molar-refractivity contribution is 0.126. The van der Waals surface area contributed by atoms with E-state index in [4.69, 9.17) is 10.8 Å². The van der Waals surface area contributed by atoms with Gasteiger partial charge in [0.05, 0.1) is 0 Å². The molecule has 0 fully saturated rings. The molecule has 0 saturated carbocycles. The summed E-state index contributed by atoms with van der Waals surface area (Å²) in [6.07, 6.45) is 1.00. The van der Waals surface area contributed by atoms with E-state index in [0.717, 1.165) is 6.42 Å². The quantitative estimate of drug-likeness (QED) is 0.619. The van der Waals surface area contributed by atoms with Gasteiger partial charge in [0.15, 0.2) is 0 Å². The lowest BCUT2D eigenvalue weighted by Crippen LogP contribution is -2.32. The second kappa shape index (κ2) is 3.94. The van der Waals surface area contributed by atoms with E-state index >= 15 is 0 Å². The average Bonchev–Trinajstić information content (AvgIpc) is 1.87. The first-order valence-corrected chi connectivity index (χ1v) is 3.85. The van der Waals surface area contributed by atoms with Crippen molar-refractivity contribution in [1.29, 1.82) is 0 Å². The van der Waals surface area contributed by atoms with Crippen molar-refractivity contribution in [3.8, 4) is 0 Å². The van der Waals surface area contributed by atoms with Gasteiger partial charge < -0.3 is 10.8 Å². The minimum Gasteiger partial charge on any atom is -0.396 e. The van der Waals surface area contributed by atoms with E-state index in [-0.39, 0.29) is 12.0 Å². The van der Waals surface area contributed by atoms with Crippen molar-refractivity contribution < 1.29 is 5.11 Å². The van der Waals surface area contributed by atoms with Crippen LogP contribution in [0.2, 0.25) is 0 Å². The van der Waals surface area contributed by atoms with E-state index in [1.165, 1.54) is 0 Å². The number of hydrogen-bond donors (Lipinski definition) is 2. The maximum Gasteiger partial charge on any atom is 0.0496 e. The fourth-order valence-corrected chi connectivity index (χ4v) is 1.20. The van der Waals surface area contributed by atoms with Crippen LogP contribution in [0.3, 0.4) is 0 Å². The molecular weight excluding hydrogens is 126 g/mol. The van der Waals surface area contributed by atoms with Gasteiger partial charge in [-0.05, 0) is 18.9 Å². The van der Waals surface area contributed by atoms with Crippen LogP contribution in [0.5, 0.6) is 0 Å². The highest BCUT2D eigenvalue weighted by atomic mass is 16.3. The van der Waals surface area contributed by atoms with Gasteiger partial charge in [-0.15, -0.1) is 0 Å². The van der Waals surface area contributed by atoms with Crippen molar-refractivity contribution in [2.45, 2.75) is 27.2 Å². The molecule has 2 heteroatoms. The number of rotatable bonds is 4. The summed E-state index contributed by atoms with van der Waals surface area (Å²) in [5, 5.41) is 8.95. The van der Waals surface area contributed by atoms with E-state index in [2.05, 4.69) is 13.8 Å². The molecule has 0 aliphatic carbocycles. The Hall–Kier alpha value is -0.0800. The fourth-order valence-electron chi connectivity index (χ4n) is 1.20. The second-order valence-corrected chi connectivity index (χ2v) is 3.77. The summed E-state index contributed by atoms with van der Waals surface area (Å²) in [7, 11) is 0. The lowest BCUT2D eigenvalue weighted by Gasteiger charge is -2.26. The van der Waals surface area contributed by atoms with Crippen LogP contribution in [-0.2, 0) is 0 Å². The Bertz CT molecular complexity index is 87.3. The van der Waals surface area contributed by atoms with Gasteiger partial charge in [-0.3, -0.25) is 0 Å². The van der Waals surface area contributed by atoms with Gasteiger partial charge in [0, 0.05) is 12.0 Å². The van der Waals surface area contributed by atoms with Gasteiger partial charge in [0.2, 0.25) is 0 Å². The highest BCUT2D eigenvalue weighted by Crippen LogP contribution is 2.23. The minimum atomic E-state index is -0.0613. The van der Waals surface area contributed by atoms with Crippen LogP contribution < -0.4 is 5.73 Å². The Morgan fingerprint density at radius 2 is 2.00 bits per heavy atom. The molecule has 0 aromatic rings. The Labute approximate surface area is 63.4 Å². The maximum atomic E-state index is 8.95. The molecule has 0 aliphatic rings. The van der Waals surface area contributed by atoms with Crippen molar-refractivity contribution in [1.82, 2.24) is 0 Å². The lowest BCUT2D eigenvalue weighted by atomic mass is 9.83. The molecule has 0 rings (SSSR count). The highest BCUT2D eigenvalue weighted by molar-refractivity contribution is 4.75. The number of nitrogens with two attached hydrogens (primary N) is 1. The summed E-state index contributed by atoms with van der Waals surface area (Å²) < 4.78 is 0. The first kappa shape index (κ1) is 9.92. The van der Waals surface area contributed by atoms with Gasteiger partial charge in [0.1, 0.15) is 0 Å². The first-order chi connectivity index (χ1) is 4.54. The van der Waals surface area contributed by atoms with Crippen LogP contribution in [-0.4, -0.2) is 18.3 Å². The molecule has 0 heterocycles. The summed E-state index contributed by atoms with van der Waals surface area (Å²) in [5.41, 5.74) is 5.44. The van der Waals surface area contributed by atoms with Crippen LogP contribution in [0, 0.1) is 11.3 Å². The molecule has 1 unspecified atom stereocenters. The van der Waals surface area contributed by atoms with Crippen LogP contribution in [0.15, 0.2) is 0 Å². The molecule has 10 heavy (non-hydrogen) atoms. The van der Waals surface area contributed by atoms with Gasteiger partial charge in [0.25, 0.3) is 0 Å². The molecule has 0 saturated heterocycles. The summed E-state index contributed by atoms with van der Waals surface area (Å²) >= 11 is 0. The molecule has 0 radical (unpaired) electrons. The van der Waals surface area contributed by atoms with Crippen molar-refractivity contribution in [3.05, 3.63) is 0 Å². The number of aliphatic hydroxyl groups is 1. The largest absolute Gasteiger partial charge is 0.396 e. The number of aliphatic hydroxyl groups excluding tert-OH is 1. The van der Waals surface area contributed by atoms with E-state index in [1.807, 2.05) is 6.92 Å². The van der Waals surface area contributed by atoms with E-state index in [9.17, 15) is 0 Å². The summed E-state index contributed by atoms with van der Waals surface area (Å²) in [6.45, 7) is 7.07. The zero-order valence-electron chi connectivity index (χ0n) is 7.22. The smallest absolute Gasteiger partial charge is 0.0496 e. The maximum absolute atomic E-state index is 8.95. The Morgan fingerprint density at radius 3 is 2.10 bits per heavy atom. The van der Waals surface area contributed by atoms with E-state index in [0.29, 0.717) is 12.5 Å². The standard InChI is InChI=1S/C8H19NO/c1-7(2)4-8(3,5-9)6-10/h7,10H,4-6,9H2,1-3H3. The molecule has 62 valence electrons. The molecular formula is C8H19NO. The zero-order chi connectivity index (χ0) is 8.20. The molecule has 1 atom stereocenters. The van der Waals surface area contributed by atoms with Crippen LogP contribution in [0.1, 0.15) is 27.2 Å². The molecule has 3 N–H and O–H groups in total. The van der Waals surface area contributed by atoms with Crippen molar-refractivity contribution >= 4 is 0 Å². The highest BCUT2D eigenvalue weighted by Gasteiger charge is 2.22. The predicted octanol–water partition coefficient (Wildman–Crippen LogP) is 0.990. The Morgan fingerprint density at radius 1 is 1.50 bits per heavy atom. The monoisotopic (exact) mass is 145 g/mol. The average molecular weight is 145 g/mol. The van der Waals surface area contributed by atoms with Crippen molar-refractivity contribution in [3.63, 3.8) is 0 Å². The normalized spacial score (nSPS) is 17.4. The Kier molecular flexibility index (Phi) is 3.91. The van der Waals surface area contributed by atoms with E-state index in [1.54, 1.807) is 0 Å². The molecule has 0 spiro atoms. The zero-order valence-corrected chi connectivity index (χ0v) is 7.22. The van der Waals surface area contributed by atoms with E-state index < -0.39 is 0 Å². The van der Waals surface area contributed by atoms with Gasteiger partial charge >= 0.3 is 0 Å². The van der Waals surface area contributed by atoms with Crippen molar-refractivity contribution in [2.24, 2.45) is 17.1 Å². The summed E-state index contributed by atoms with van der Waals surface area (Å²) in [4.78, 5) is 0. The first-order valence-electron chi connectivity index (χ1n) is 3.85. The topological polar surface area (TPSA) is 46.2 Å². The second-order valence-electron chi connectivity index (χ2n) is 3.77. The summed E-state index contributed by atoms with van der Waals surface area (Å²) in [5.74, 6) is 0.612. The van der Waals surface area contributed by atoms with Crippen molar-refractivity contribution in [2.75, 3.05) is 13.2 Å². The molecule has 0 aromatic heterocycles. The van der Waals surface area contributed by atoms with Gasteiger partial charge in [-0.2, -0.15) is 0 Å². The predicted molar refractivity (Wildman–Crippen MR) is 43.7 cm³/mol. The molecule has 2 nitrogen and oxygen atoms in total. The third-order valence-electron chi connectivity index (χ3n) is 1.78. The molecule has 0 amide bonds. The molecule has 0 bridgehead atoms. The van der Waals surface area contributed by atoms with Gasteiger partial charge in [-0.1, -0.05) is 20.8 Å². The summed E-state index contributed by atoms with van der Waals surface area (Å²) in [6, 6.07) is 0. The number of hydrogen-bond acceptors (Lipinski definition) is 2. The third-order valence-corrected chi connectivity index (χ3v) is 1.78. The fraction of sp³-hybridized carbons (Fsp3) is 1.00. The molecule has 0 aliphatic heterocycles. The van der Waals surface area contributed by atoms with Crippen LogP contribution in [0.4, 0.5) is 0 Å². The molecule has 0 aromatic carbocycles.